The summed E-state index contributed by atoms with van der Waals surface area (Å²) in [4.78, 5) is 4.99. The van der Waals surface area contributed by atoms with Crippen LogP contribution in [0.4, 0.5) is 0 Å². The van der Waals surface area contributed by atoms with E-state index in [-0.39, 0.29) is 24.8 Å². The predicted octanol–water partition coefficient (Wildman–Crippen LogP) is 0.192. The molecule has 0 aromatic heterocycles. The highest BCUT2D eigenvalue weighted by Gasteiger charge is 2.24. The van der Waals surface area contributed by atoms with Gasteiger partial charge in [0, 0.05) is 38.8 Å². The van der Waals surface area contributed by atoms with Crippen LogP contribution in [0.25, 0.3) is 0 Å². The number of aliphatic hydroxyl groups is 1. The van der Waals surface area contributed by atoms with Crippen molar-refractivity contribution in [1.29, 1.82) is 0 Å². The topological polar surface area (TPSA) is 38.7 Å². The minimum absolute atomic E-state index is 0. The van der Waals surface area contributed by atoms with E-state index in [0.29, 0.717) is 6.61 Å². The van der Waals surface area contributed by atoms with Crippen LogP contribution < -0.4 is 5.32 Å². The summed E-state index contributed by atoms with van der Waals surface area (Å²) in [5, 5.41) is 12.3. The van der Waals surface area contributed by atoms with Gasteiger partial charge in [0.15, 0.2) is 0 Å². The number of hydrogen-bond acceptors (Lipinski definition) is 4. The second-order valence-corrected chi connectivity index (χ2v) is 4.58. The number of piperazine rings is 1. The lowest BCUT2D eigenvalue weighted by Gasteiger charge is -2.40. The first-order valence-electron chi connectivity index (χ1n) is 6.18. The van der Waals surface area contributed by atoms with Crippen LogP contribution in [-0.4, -0.2) is 73.4 Å². The molecule has 104 valence electrons. The molecule has 0 aromatic rings. The van der Waals surface area contributed by atoms with Gasteiger partial charge in [0.1, 0.15) is 0 Å². The molecule has 6 heteroatoms. The quantitative estimate of drug-likeness (QED) is 0.777. The third kappa shape index (κ3) is 5.28. The number of nitrogens with one attached hydrogen (secondary N) is 1. The van der Waals surface area contributed by atoms with Crippen molar-refractivity contribution in [2.24, 2.45) is 0 Å². The highest BCUT2D eigenvalue weighted by Crippen LogP contribution is 2.14. The van der Waals surface area contributed by atoms with Gasteiger partial charge in [0.25, 0.3) is 0 Å². The standard InChI is InChI=1S/C11H23N3O.2ClH/c15-10-9-13-5-7-14(8-6-13)11-1-3-12-4-2-11;;/h11-12,15H,1-10H2;2*1H. The Morgan fingerprint density at radius 2 is 1.59 bits per heavy atom. The van der Waals surface area contributed by atoms with Gasteiger partial charge in [0.2, 0.25) is 0 Å². The number of piperidine rings is 1. The van der Waals surface area contributed by atoms with E-state index in [1.807, 2.05) is 0 Å². The zero-order valence-electron chi connectivity index (χ0n) is 10.3. The van der Waals surface area contributed by atoms with Gasteiger partial charge in [-0.05, 0) is 25.9 Å². The number of β-amino-alcohol motifs (C(OH)–C–C–N with tert-alkyl or cyclic N) is 1. The van der Waals surface area contributed by atoms with Crippen LogP contribution >= 0.6 is 24.8 Å². The minimum Gasteiger partial charge on any atom is -0.395 e. The van der Waals surface area contributed by atoms with E-state index in [4.69, 9.17) is 5.11 Å². The van der Waals surface area contributed by atoms with Gasteiger partial charge in [-0.1, -0.05) is 0 Å². The molecule has 2 saturated heterocycles. The molecule has 2 fully saturated rings. The molecule has 2 N–H and O–H groups in total. The third-order valence-corrected chi connectivity index (χ3v) is 3.65. The van der Waals surface area contributed by atoms with Gasteiger partial charge < -0.3 is 10.4 Å². The SMILES string of the molecule is Cl.Cl.OCCN1CCN(C2CCNCC2)CC1. The molecular formula is C11H25Cl2N3O. The van der Waals surface area contributed by atoms with Crippen molar-refractivity contribution in [3.8, 4) is 0 Å². The van der Waals surface area contributed by atoms with Crippen molar-refractivity contribution in [2.45, 2.75) is 18.9 Å². The van der Waals surface area contributed by atoms with Crippen LogP contribution in [0.15, 0.2) is 0 Å². The molecule has 4 nitrogen and oxygen atoms in total. The zero-order valence-corrected chi connectivity index (χ0v) is 11.9. The Bertz CT molecular complexity index is 184. The number of aliphatic hydroxyl groups excluding tert-OH is 1. The van der Waals surface area contributed by atoms with Crippen LogP contribution in [0, 0.1) is 0 Å². The van der Waals surface area contributed by atoms with Crippen molar-refractivity contribution in [3.05, 3.63) is 0 Å². The summed E-state index contributed by atoms with van der Waals surface area (Å²) in [5.41, 5.74) is 0. The highest BCUT2D eigenvalue weighted by molar-refractivity contribution is 5.85. The summed E-state index contributed by atoms with van der Waals surface area (Å²) in [7, 11) is 0. The third-order valence-electron chi connectivity index (χ3n) is 3.65. The van der Waals surface area contributed by atoms with Crippen LogP contribution in [0.1, 0.15) is 12.8 Å². The smallest absolute Gasteiger partial charge is 0.0558 e. The number of rotatable bonds is 3. The summed E-state index contributed by atoms with van der Waals surface area (Å²) in [6.07, 6.45) is 2.61. The Kier molecular flexibility index (Phi) is 9.59. The lowest BCUT2D eigenvalue weighted by molar-refractivity contribution is 0.0723. The van der Waals surface area contributed by atoms with E-state index in [1.54, 1.807) is 0 Å². The van der Waals surface area contributed by atoms with E-state index in [0.717, 1.165) is 25.7 Å². The fourth-order valence-electron chi connectivity index (χ4n) is 2.67. The molecule has 0 unspecified atom stereocenters. The van der Waals surface area contributed by atoms with Crippen molar-refractivity contribution in [2.75, 3.05) is 52.4 Å². The molecule has 0 aliphatic carbocycles. The largest absolute Gasteiger partial charge is 0.395 e. The first-order valence-corrected chi connectivity index (χ1v) is 6.18. The lowest BCUT2D eigenvalue weighted by Crippen LogP contribution is -2.53. The molecule has 0 spiro atoms. The molecule has 0 aromatic carbocycles. The summed E-state index contributed by atoms with van der Waals surface area (Å²) >= 11 is 0. The molecular weight excluding hydrogens is 261 g/mol. The molecule has 0 amide bonds. The Morgan fingerprint density at radius 3 is 2.12 bits per heavy atom. The first-order chi connectivity index (χ1) is 7.40. The maximum atomic E-state index is 8.87. The van der Waals surface area contributed by atoms with Crippen LogP contribution in [-0.2, 0) is 0 Å². The van der Waals surface area contributed by atoms with Gasteiger partial charge in [-0.15, -0.1) is 24.8 Å². The van der Waals surface area contributed by atoms with E-state index in [2.05, 4.69) is 15.1 Å². The van der Waals surface area contributed by atoms with Crippen LogP contribution in [0.5, 0.6) is 0 Å². The summed E-state index contributed by atoms with van der Waals surface area (Å²) < 4.78 is 0. The predicted molar refractivity (Wildman–Crippen MR) is 75.5 cm³/mol. The Morgan fingerprint density at radius 1 is 1.00 bits per heavy atom. The van der Waals surface area contributed by atoms with E-state index in [9.17, 15) is 0 Å². The van der Waals surface area contributed by atoms with Gasteiger partial charge in [0.05, 0.1) is 6.61 Å². The normalized spacial score (nSPS) is 23.8. The Hall–Kier alpha value is 0.420. The molecule has 0 bridgehead atoms. The van der Waals surface area contributed by atoms with Gasteiger partial charge in [-0.3, -0.25) is 9.80 Å². The average Bonchev–Trinajstić information content (AvgIpc) is 2.32. The van der Waals surface area contributed by atoms with Gasteiger partial charge >= 0.3 is 0 Å². The number of hydrogen-bond donors (Lipinski definition) is 2. The highest BCUT2D eigenvalue weighted by atomic mass is 35.5. The Labute approximate surface area is 117 Å². The molecule has 0 saturated carbocycles. The van der Waals surface area contributed by atoms with Crippen LogP contribution in [0.3, 0.4) is 0 Å². The van der Waals surface area contributed by atoms with Gasteiger partial charge in [-0.25, -0.2) is 0 Å². The molecule has 0 atom stereocenters. The fraction of sp³-hybridized carbons (Fsp3) is 1.00. The van der Waals surface area contributed by atoms with Crippen molar-refractivity contribution >= 4 is 24.8 Å². The van der Waals surface area contributed by atoms with Gasteiger partial charge in [-0.2, -0.15) is 0 Å². The molecule has 17 heavy (non-hydrogen) atoms. The summed E-state index contributed by atoms with van der Waals surface area (Å²) in [5.74, 6) is 0. The van der Waals surface area contributed by atoms with E-state index in [1.165, 1.54) is 39.0 Å². The van der Waals surface area contributed by atoms with Crippen molar-refractivity contribution in [3.63, 3.8) is 0 Å². The maximum Gasteiger partial charge on any atom is 0.0558 e. The second-order valence-electron chi connectivity index (χ2n) is 4.58. The minimum atomic E-state index is 0. The van der Waals surface area contributed by atoms with E-state index >= 15 is 0 Å². The summed E-state index contributed by atoms with van der Waals surface area (Å²) in [6.45, 7) is 8.14. The average molecular weight is 286 g/mol. The first kappa shape index (κ1) is 17.4. The molecule has 2 aliphatic heterocycles. The van der Waals surface area contributed by atoms with Crippen molar-refractivity contribution < 1.29 is 5.11 Å². The van der Waals surface area contributed by atoms with Crippen molar-refractivity contribution in [1.82, 2.24) is 15.1 Å². The maximum absolute atomic E-state index is 8.87. The second kappa shape index (κ2) is 9.36. The zero-order chi connectivity index (χ0) is 10.5. The van der Waals surface area contributed by atoms with Crippen LogP contribution in [0.2, 0.25) is 0 Å². The molecule has 0 radical (unpaired) electrons. The monoisotopic (exact) mass is 285 g/mol. The molecule has 2 heterocycles. The number of halogens is 2. The molecule has 2 aliphatic rings. The summed E-state index contributed by atoms with van der Waals surface area (Å²) in [6, 6.07) is 0.808. The van der Waals surface area contributed by atoms with E-state index < -0.39 is 0 Å². The molecule has 2 rings (SSSR count). The lowest BCUT2D eigenvalue weighted by atomic mass is 10.0. The Balaban J connectivity index is 0.00000128. The fourth-order valence-corrected chi connectivity index (χ4v) is 2.67. The number of nitrogens with zero attached hydrogens (tertiary/aromatic N) is 2.